The fourth-order valence-electron chi connectivity index (χ4n) is 1.50. The van der Waals surface area contributed by atoms with Crippen LogP contribution < -0.4 is 5.32 Å². The Morgan fingerprint density at radius 1 is 1.29 bits per heavy atom. The lowest BCUT2D eigenvalue weighted by atomic mass is 9.94. The lowest BCUT2D eigenvalue weighted by molar-refractivity contribution is 0.190. The average Bonchev–Trinajstić information content (AvgIpc) is 2.09. The number of likely N-dealkylation sites (N-methyl/N-ethyl adjacent to an activating group) is 1. The van der Waals surface area contributed by atoms with Gasteiger partial charge in [0, 0.05) is 6.54 Å². The normalized spacial score (nSPS) is 15.2. The first-order chi connectivity index (χ1) is 6.47. The van der Waals surface area contributed by atoms with Gasteiger partial charge in [0.1, 0.15) is 5.67 Å². The standard InChI is InChI=1S/C12H18FN/c1-9-5-6-11(7-10(9)2)12(3,13)8-14-4/h5-7,14H,8H2,1-4H3. The minimum absolute atomic E-state index is 0.343. The molecule has 0 aliphatic heterocycles. The van der Waals surface area contributed by atoms with Gasteiger partial charge >= 0.3 is 0 Å². The zero-order chi connectivity index (χ0) is 10.8. The van der Waals surface area contributed by atoms with E-state index >= 15 is 0 Å². The molecule has 0 saturated carbocycles. The van der Waals surface area contributed by atoms with Gasteiger partial charge in [-0.25, -0.2) is 4.39 Å². The zero-order valence-corrected chi connectivity index (χ0v) is 9.32. The maximum atomic E-state index is 14.1. The topological polar surface area (TPSA) is 12.0 Å². The van der Waals surface area contributed by atoms with Crippen LogP contribution in [0.5, 0.6) is 0 Å². The van der Waals surface area contributed by atoms with Crippen molar-refractivity contribution in [1.82, 2.24) is 5.32 Å². The molecule has 0 fully saturated rings. The van der Waals surface area contributed by atoms with Crippen LogP contribution in [0.1, 0.15) is 23.6 Å². The van der Waals surface area contributed by atoms with Crippen molar-refractivity contribution in [2.45, 2.75) is 26.4 Å². The summed E-state index contributed by atoms with van der Waals surface area (Å²) in [6.07, 6.45) is 0. The van der Waals surface area contributed by atoms with E-state index in [1.165, 1.54) is 5.56 Å². The predicted octanol–water partition coefficient (Wildman–Crippen LogP) is 2.71. The van der Waals surface area contributed by atoms with E-state index in [0.717, 1.165) is 11.1 Å². The van der Waals surface area contributed by atoms with Gasteiger partial charge in [0.15, 0.2) is 0 Å². The summed E-state index contributed by atoms with van der Waals surface area (Å²) in [4.78, 5) is 0. The van der Waals surface area contributed by atoms with Crippen molar-refractivity contribution >= 4 is 0 Å². The summed E-state index contributed by atoms with van der Waals surface area (Å²) in [5.41, 5.74) is 1.80. The number of benzene rings is 1. The van der Waals surface area contributed by atoms with Gasteiger partial charge in [-0.1, -0.05) is 18.2 Å². The molecule has 1 N–H and O–H groups in total. The minimum atomic E-state index is -1.28. The van der Waals surface area contributed by atoms with Crippen molar-refractivity contribution < 1.29 is 4.39 Å². The van der Waals surface area contributed by atoms with Crippen LogP contribution in [0.3, 0.4) is 0 Å². The van der Waals surface area contributed by atoms with Crippen LogP contribution in [0.4, 0.5) is 4.39 Å². The highest BCUT2D eigenvalue weighted by atomic mass is 19.1. The molecule has 0 aliphatic carbocycles. The Bertz CT molecular complexity index is 318. The Morgan fingerprint density at radius 2 is 1.93 bits per heavy atom. The van der Waals surface area contributed by atoms with E-state index in [0.29, 0.717) is 6.54 Å². The number of aryl methyl sites for hydroxylation is 2. The molecule has 0 amide bonds. The molecule has 78 valence electrons. The smallest absolute Gasteiger partial charge is 0.145 e. The second-order valence-corrected chi connectivity index (χ2v) is 4.03. The molecule has 0 aliphatic rings. The molecule has 2 heteroatoms. The van der Waals surface area contributed by atoms with Crippen LogP contribution in [-0.2, 0) is 5.67 Å². The summed E-state index contributed by atoms with van der Waals surface area (Å²) >= 11 is 0. The summed E-state index contributed by atoms with van der Waals surface area (Å²) in [5, 5.41) is 2.87. The Hall–Kier alpha value is -0.890. The van der Waals surface area contributed by atoms with E-state index in [4.69, 9.17) is 0 Å². The van der Waals surface area contributed by atoms with E-state index in [1.54, 1.807) is 14.0 Å². The number of hydrogen-bond donors (Lipinski definition) is 1. The van der Waals surface area contributed by atoms with E-state index in [1.807, 2.05) is 32.0 Å². The maximum absolute atomic E-state index is 14.1. The Morgan fingerprint density at radius 3 is 2.43 bits per heavy atom. The van der Waals surface area contributed by atoms with Crippen LogP contribution in [0.15, 0.2) is 18.2 Å². The quantitative estimate of drug-likeness (QED) is 0.782. The second-order valence-electron chi connectivity index (χ2n) is 4.03. The van der Waals surface area contributed by atoms with Gasteiger partial charge in [0.2, 0.25) is 0 Å². The van der Waals surface area contributed by atoms with Crippen LogP contribution in [0.2, 0.25) is 0 Å². The summed E-state index contributed by atoms with van der Waals surface area (Å²) in [7, 11) is 1.76. The zero-order valence-electron chi connectivity index (χ0n) is 9.32. The molecule has 1 aromatic carbocycles. The van der Waals surface area contributed by atoms with E-state index in [9.17, 15) is 4.39 Å². The Balaban J connectivity index is 3.01. The molecule has 0 heterocycles. The van der Waals surface area contributed by atoms with E-state index < -0.39 is 5.67 Å². The van der Waals surface area contributed by atoms with Gasteiger partial charge in [-0.2, -0.15) is 0 Å². The van der Waals surface area contributed by atoms with Gasteiger partial charge < -0.3 is 5.32 Å². The van der Waals surface area contributed by atoms with E-state index in [2.05, 4.69) is 5.32 Å². The summed E-state index contributed by atoms with van der Waals surface area (Å²) in [5.74, 6) is 0. The van der Waals surface area contributed by atoms with Crippen molar-refractivity contribution in [3.63, 3.8) is 0 Å². The number of rotatable bonds is 3. The van der Waals surface area contributed by atoms with Crippen molar-refractivity contribution in [2.75, 3.05) is 13.6 Å². The molecule has 0 radical (unpaired) electrons. The number of nitrogens with one attached hydrogen (secondary N) is 1. The van der Waals surface area contributed by atoms with Gasteiger partial charge in [-0.15, -0.1) is 0 Å². The van der Waals surface area contributed by atoms with Crippen LogP contribution in [-0.4, -0.2) is 13.6 Å². The van der Waals surface area contributed by atoms with Crippen LogP contribution in [0, 0.1) is 13.8 Å². The van der Waals surface area contributed by atoms with E-state index in [-0.39, 0.29) is 0 Å². The number of alkyl halides is 1. The lowest BCUT2D eigenvalue weighted by Crippen LogP contribution is -2.29. The second kappa shape index (κ2) is 4.09. The number of halogens is 1. The van der Waals surface area contributed by atoms with Gasteiger partial charge in [0.05, 0.1) is 0 Å². The van der Waals surface area contributed by atoms with Crippen molar-refractivity contribution in [2.24, 2.45) is 0 Å². The SMILES string of the molecule is CNCC(C)(F)c1ccc(C)c(C)c1. The molecule has 1 atom stereocenters. The summed E-state index contributed by atoms with van der Waals surface area (Å²) in [6.45, 7) is 5.99. The Labute approximate surface area is 85.3 Å². The molecule has 0 spiro atoms. The third kappa shape index (κ3) is 2.32. The summed E-state index contributed by atoms with van der Waals surface area (Å²) in [6, 6.07) is 5.75. The molecule has 14 heavy (non-hydrogen) atoms. The minimum Gasteiger partial charge on any atom is -0.316 e. The first-order valence-corrected chi connectivity index (χ1v) is 4.88. The highest BCUT2D eigenvalue weighted by molar-refractivity contribution is 5.33. The molecule has 1 rings (SSSR count). The van der Waals surface area contributed by atoms with Crippen LogP contribution in [0.25, 0.3) is 0 Å². The summed E-state index contributed by atoms with van der Waals surface area (Å²) < 4.78 is 14.1. The van der Waals surface area contributed by atoms with Gasteiger partial charge in [-0.3, -0.25) is 0 Å². The fourth-order valence-corrected chi connectivity index (χ4v) is 1.50. The number of hydrogen-bond acceptors (Lipinski definition) is 1. The highest BCUT2D eigenvalue weighted by Gasteiger charge is 2.24. The molecule has 0 aromatic heterocycles. The van der Waals surface area contributed by atoms with Crippen LogP contribution >= 0.6 is 0 Å². The monoisotopic (exact) mass is 195 g/mol. The van der Waals surface area contributed by atoms with Gasteiger partial charge in [-0.05, 0) is 44.5 Å². The average molecular weight is 195 g/mol. The van der Waals surface area contributed by atoms with Crippen molar-refractivity contribution in [3.05, 3.63) is 34.9 Å². The largest absolute Gasteiger partial charge is 0.316 e. The lowest BCUT2D eigenvalue weighted by Gasteiger charge is -2.21. The van der Waals surface area contributed by atoms with Gasteiger partial charge in [0.25, 0.3) is 0 Å². The molecule has 0 bridgehead atoms. The molecule has 0 saturated heterocycles. The Kier molecular flexibility index (Phi) is 3.27. The molecular formula is C12H18FN. The predicted molar refractivity (Wildman–Crippen MR) is 58.3 cm³/mol. The molecule has 1 aromatic rings. The molecule has 1 unspecified atom stereocenters. The first kappa shape index (κ1) is 11.2. The fraction of sp³-hybridized carbons (Fsp3) is 0.500. The molecular weight excluding hydrogens is 177 g/mol. The third-order valence-corrected chi connectivity index (χ3v) is 2.62. The highest BCUT2D eigenvalue weighted by Crippen LogP contribution is 2.26. The maximum Gasteiger partial charge on any atom is 0.145 e. The van der Waals surface area contributed by atoms with Crippen molar-refractivity contribution in [1.29, 1.82) is 0 Å². The third-order valence-electron chi connectivity index (χ3n) is 2.62. The van der Waals surface area contributed by atoms with Crippen molar-refractivity contribution in [3.8, 4) is 0 Å². The molecule has 1 nitrogen and oxygen atoms in total. The first-order valence-electron chi connectivity index (χ1n) is 4.88.